The van der Waals surface area contributed by atoms with Crippen LogP contribution in [0.15, 0.2) is 18.2 Å². The van der Waals surface area contributed by atoms with E-state index in [1.165, 1.54) is 30.3 Å². The lowest BCUT2D eigenvalue weighted by Gasteiger charge is -2.16. The molecular weight excluding hydrogens is 222 g/mol. The molecule has 0 saturated carbocycles. The average molecular weight is 245 g/mol. The molecule has 2 rings (SSSR count). The van der Waals surface area contributed by atoms with Gasteiger partial charge in [0.2, 0.25) is 5.95 Å². The Bertz CT molecular complexity index is 528. The van der Waals surface area contributed by atoms with E-state index in [4.69, 9.17) is 5.73 Å². The van der Waals surface area contributed by atoms with E-state index < -0.39 is 0 Å². The SMILES string of the molecule is CCCCCC(C)n1c(N)nc2cccc(C)c21. The fourth-order valence-corrected chi connectivity index (χ4v) is 2.60. The molecule has 0 fully saturated rings. The maximum absolute atomic E-state index is 6.08. The van der Waals surface area contributed by atoms with Crippen molar-refractivity contribution in [3.05, 3.63) is 23.8 Å². The molecule has 1 heterocycles. The summed E-state index contributed by atoms with van der Waals surface area (Å²) >= 11 is 0. The van der Waals surface area contributed by atoms with Crippen molar-refractivity contribution in [3.8, 4) is 0 Å². The second kappa shape index (κ2) is 5.42. The molecule has 3 nitrogen and oxygen atoms in total. The third-order valence-corrected chi connectivity index (χ3v) is 3.61. The summed E-state index contributed by atoms with van der Waals surface area (Å²) in [6.45, 7) is 6.59. The fraction of sp³-hybridized carbons (Fsp3) is 0.533. The van der Waals surface area contributed by atoms with Gasteiger partial charge >= 0.3 is 0 Å². The Hall–Kier alpha value is -1.51. The normalized spacial score (nSPS) is 13.1. The van der Waals surface area contributed by atoms with Crippen molar-refractivity contribution in [2.75, 3.05) is 5.73 Å². The van der Waals surface area contributed by atoms with Gasteiger partial charge in [0.05, 0.1) is 11.0 Å². The predicted molar refractivity (Wildman–Crippen MR) is 77.7 cm³/mol. The third kappa shape index (κ3) is 2.35. The molecule has 2 aromatic rings. The number of nitrogens with two attached hydrogens (primary N) is 1. The minimum absolute atomic E-state index is 0.419. The van der Waals surface area contributed by atoms with Crippen molar-refractivity contribution in [2.45, 2.75) is 52.5 Å². The molecule has 0 aliphatic heterocycles. The lowest BCUT2D eigenvalue weighted by molar-refractivity contribution is 0.491. The Morgan fingerprint density at radius 1 is 1.33 bits per heavy atom. The number of nitrogens with zero attached hydrogens (tertiary/aromatic N) is 2. The summed E-state index contributed by atoms with van der Waals surface area (Å²) in [5.74, 6) is 0.642. The zero-order valence-electron chi connectivity index (χ0n) is 11.6. The van der Waals surface area contributed by atoms with Crippen LogP contribution in [0.2, 0.25) is 0 Å². The first-order valence-corrected chi connectivity index (χ1v) is 6.88. The van der Waals surface area contributed by atoms with Gasteiger partial charge in [0.15, 0.2) is 0 Å². The van der Waals surface area contributed by atoms with Gasteiger partial charge in [-0.05, 0) is 31.9 Å². The highest BCUT2D eigenvalue weighted by molar-refractivity contribution is 5.81. The Balaban J connectivity index is 2.34. The number of aryl methyl sites for hydroxylation is 1. The molecule has 1 atom stereocenters. The molecule has 0 aliphatic rings. The number of fused-ring (bicyclic) bond motifs is 1. The van der Waals surface area contributed by atoms with Gasteiger partial charge in [0, 0.05) is 6.04 Å². The molecule has 0 aliphatic carbocycles. The van der Waals surface area contributed by atoms with E-state index in [2.05, 4.69) is 36.4 Å². The quantitative estimate of drug-likeness (QED) is 0.807. The molecule has 0 radical (unpaired) electrons. The molecule has 98 valence electrons. The summed E-state index contributed by atoms with van der Waals surface area (Å²) in [5, 5.41) is 0. The summed E-state index contributed by atoms with van der Waals surface area (Å²) in [6.07, 6.45) is 4.96. The van der Waals surface area contributed by atoms with Crippen LogP contribution in [-0.2, 0) is 0 Å². The monoisotopic (exact) mass is 245 g/mol. The molecular formula is C15H23N3. The van der Waals surface area contributed by atoms with Gasteiger partial charge in [-0.25, -0.2) is 4.98 Å². The smallest absolute Gasteiger partial charge is 0.201 e. The number of anilines is 1. The number of nitrogen functional groups attached to an aromatic ring is 1. The molecule has 1 aromatic carbocycles. The maximum atomic E-state index is 6.08. The Morgan fingerprint density at radius 2 is 2.11 bits per heavy atom. The number of hydrogen-bond acceptors (Lipinski definition) is 2. The van der Waals surface area contributed by atoms with Crippen LogP contribution in [0.4, 0.5) is 5.95 Å². The summed E-state index contributed by atoms with van der Waals surface area (Å²) in [7, 11) is 0. The van der Waals surface area contributed by atoms with Crippen LogP contribution in [0.25, 0.3) is 11.0 Å². The Morgan fingerprint density at radius 3 is 2.83 bits per heavy atom. The van der Waals surface area contributed by atoms with Crippen LogP contribution in [-0.4, -0.2) is 9.55 Å². The number of unbranched alkanes of at least 4 members (excludes halogenated alkanes) is 2. The lowest BCUT2D eigenvalue weighted by atomic mass is 10.1. The van der Waals surface area contributed by atoms with Crippen molar-refractivity contribution in [2.24, 2.45) is 0 Å². The molecule has 1 unspecified atom stereocenters. The fourth-order valence-electron chi connectivity index (χ4n) is 2.60. The summed E-state index contributed by atoms with van der Waals surface area (Å²) in [4.78, 5) is 4.46. The van der Waals surface area contributed by atoms with Crippen molar-refractivity contribution in [1.29, 1.82) is 0 Å². The Labute approximate surface area is 109 Å². The lowest BCUT2D eigenvalue weighted by Crippen LogP contribution is -2.09. The predicted octanol–water partition coefficient (Wildman–Crippen LogP) is 4.07. The molecule has 0 amide bonds. The molecule has 3 heteroatoms. The third-order valence-electron chi connectivity index (χ3n) is 3.61. The van der Waals surface area contributed by atoms with Gasteiger partial charge in [-0.1, -0.05) is 38.3 Å². The van der Waals surface area contributed by atoms with E-state index in [9.17, 15) is 0 Å². The minimum Gasteiger partial charge on any atom is -0.369 e. The summed E-state index contributed by atoms with van der Waals surface area (Å²) in [5.41, 5.74) is 9.53. The summed E-state index contributed by atoms with van der Waals surface area (Å²) in [6, 6.07) is 6.62. The van der Waals surface area contributed by atoms with Crippen LogP contribution in [0.3, 0.4) is 0 Å². The number of rotatable bonds is 5. The largest absolute Gasteiger partial charge is 0.369 e. The maximum Gasteiger partial charge on any atom is 0.201 e. The first-order valence-electron chi connectivity index (χ1n) is 6.88. The van der Waals surface area contributed by atoms with E-state index in [1.807, 2.05) is 12.1 Å². The molecule has 1 aromatic heterocycles. The second-order valence-corrected chi connectivity index (χ2v) is 5.13. The van der Waals surface area contributed by atoms with E-state index in [1.54, 1.807) is 0 Å². The minimum atomic E-state index is 0.419. The van der Waals surface area contributed by atoms with Gasteiger partial charge in [-0.15, -0.1) is 0 Å². The number of hydrogen-bond donors (Lipinski definition) is 1. The average Bonchev–Trinajstić information content (AvgIpc) is 2.67. The van der Waals surface area contributed by atoms with Gasteiger partial charge < -0.3 is 10.3 Å². The molecule has 2 N–H and O–H groups in total. The first-order chi connectivity index (χ1) is 8.65. The zero-order chi connectivity index (χ0) is 13.1. The van der Waals surface area contributed by atoms with Crippen LogP contribution in [0.1, 0.15) is 51.1 Å². The van der Waals surface area contributed by atoms with Gasteiger partial charge in [0.1, 0.15) is 0 Å². The van der Waals surface area contributed by atoms with Crippen molar-refractivity contribution in [1.82, 2.24) is 9.55 Å². The van der Waals surface area contributed by atoms with Crippen molar-refractivity contribution >= 4 is 17.0 Å². The number of benzene rings is 1. The van der Waals surface area contributed by atoms with Crippen molar-refractivity contribution in [3.63, 3.8) is 0 Å². The highest BCUT2D eigenvalue weighted by Crippen LogP contribution is 2.27. The topological polar surface area (TPSA) is 43.8 Å². The van der Waals surface area contributed by atoms with E-state index in [0.29, 0.717) is 12.0 Å². The number of imidazole rings is 1. The van der Waals surface area contributed by atoms with Gasteiger partial charge in [-0.3, -0.25) is 0 Å². The van der Waals surface area contributed by atoms with Gasteiger partial charge in [0.25, 0.3) is 0 Å². The zero-order valence-corrected chi connectivity index (χ0v) is 11.6. The molecule has 18 heavy (non-hydrogen) atoms. The number of para-hydroxylation sites is 1. The van der Waals surface area contributed by atoms with E-state index >= 15 is 0 Å². The first kappa shape index (κ1) is 12.9. The van der Waals surface area contributed by atoms with Crippen molar-refractivity contribution < 1.29 is 0 Å². The van der Waals surface area contributed by atoms with Gasteiger partial charge in [-0.2, -0.15) is 0 Å². The van der Waals surface area contributed by atoms with E-state index in [0.717, 1.165) is 11.9 Å². The Kier molecular flexibility index (Phi) is 3.90. The molecule has 0 bridgehead atoms. The standard InChI is InChI=1S/C15H23N3/c1-4-5-6-9-12(3)18-14-11(2)8-7-10-13(14)17-15(18)16/h7-8,10,12H,4-6,9H2,1-3H3,(H2,16,17). The highest BCUT2D eigenvalue weighted by Gasteiger charge is 2.14. The summed E-state index contributed by atoms with van der Waals surface area (Å²) < 4.78 is 2.19. The molecule has 0 spiro atoms. The van der Waals surface area contributed by atoms with Crippen LogP contribution in [0, 0.1) is 6.92 Å². The van der Waals surface area contributed by atoms with Crippen LogP contribution in [0.5, 0.6) is 0 Å². The van der Waals surface area contributed by atoms with E-state index in [-0.39, 0.29) is 0 Å². The highest BCUT2D eigenvalue weighted by atomic mass is 15.2. The molecule has 0 saturated heterocycles. The van der Waals surface area contributed by atoms with Crippen LogP contribution < -0.4 is 5.73 Å². The second-order valence-electron chi connectivity index (χ2n) is 5.13. The number of aromatic nitrogens is 2. The van der Waals surface area contributed by atoms with Crippen LogP contribution >= 0.6 is 0 Å².